The maximum Gasteiger partial charge on any atom is 0.326 e. The average molecular weight is 288 g/mol. The highest BCUT2D eigenvalue weighted by atomic mass is 16.4. The third-order valence-electron chi connectivity index (χ3n) is 3.28. The highest BCUT2D eigenvalue weighted by Crippen LogP contribution is 2.15. The minimum atomic E-state index is -0.992. The highest BCUT2D eigenvalue weighted by Gasteiger charge is 2.21. The van der Waals surface area contributed by atoms with Crippen molar-refractivity contribution in [3.8, 4) is 0 Å². The summed E-state index contributed by atoms with van der Waals surface area (Å²) in [5, 5.41) is 12.8. The van der Waals surface area contributed by atoms with Crippen LogP contribution in [0.2, 0.25) is 0 Å². The van der Waals surface area contributed by atoms with Crippen LogP contribution in [0.1, 0.15) is 26.0 Å². The Bertz CT molecular complexity index is 613. The fourth-order valence-electron chi connectivity index (χ4n) is 2.34. The summed E-state index contributed by atoms with van der Waals surface area (Å²) in [5.41, 5.74) is 1.75. The molecule has 21 heavy (non-hydrogen) atoms. The molecule has 1 heterocycles. The summed E-state index contributed by atoms with van der Waals surface area (Å²) < 4.78 is 0. The molecule has 112 valence electrons. The van der Waals surface area contributed by atoms with E-state index in [0.717, 1.165) is 16.6 Å². The van der Waals surface area contributed by atoms with Crippen molar-refractivity contribution < 1.29 is 14.7 Å². The maximum absolute atomic E-state index is 12.0. The third kappa shape index (κ3) is 4.08. The number of benzene rings is 1. The second-order valence-corrected chi connectivity index (χ2v) is 5.65. The molecule has 1 atom stereocenters. The van der Waals surface area contributed by atoms with Crippen LogP contribution in [-0.4, -0.2) is 28.0 Å². The van der Waals surface area contributed by atoms with Crippen molar-refractivity contribution in [3.63, 3.8) is 0 Å². The second kappa shape index (κ2) is 6.43. The molecule has 2 aromatic rings. The van der Waals surface area contributed by atoms with Crippen LogP contribution in [0.4, 0.5) is 0 Å². The van der Waals surface area contributed by atoms with E-state index in [2.05, 4.69) is 10.3 Å². The minimum absolute atomic E-state index is 0.149. The van der Waals surface area contributed by atoms with Gasteiger partial charge in [-0.3, -0.25) is 4.79 Å². The molecule has 2 rings (SSSR count). The Morgan fingerprint density at radius 1 is 1.29 bits per heavy atom. The molecule has 5 heteroatoms. The van der Waals surface area contributed by atoms with Crippen molar-refractivity contribution in [1.82, 2.24) is 10.3 Å². The van der Waals surface area contributed by atoms with Crippen LogP contribution in [0.5, 0.6) is 0 Å². The van der Waals surface area contributed by atoms with Crippen molar-refractivity contribution in [2.24, 2.45) is 5.92 Å². The van der Waals surface area contributed by atoms with Crippen LogP contribution in [-0.2, 0) is 16.0 Å². The molecule has 0 unspecified atom stereocenters. The molecular formula is C16H20N2O3. The number of aromatic nitrogens is 1. The Balaban J connectivity index is 2.01. The van der Waals surface area contributed by atoms with Gasteiger partial charge >= 0.3 is 5.97 Å². The standard InChI is InChI=1S/C16H20N2O3/c1-10(2)7-14(16(20)21)18-15(19)9-12-8-11-5-3-4-6-13(11)17-12/h3-6,8,10,14,17H,7,9H2,1-2H3,(H,18,19)(H,20,21)/t14-/m0/s1. The molecule has 0 aliphatic rings. The smallest absolute Gasteiger partial charge is 0.326 e. The van der Waals surface area contributed by atoms with Gasteiger partial charge < -0.3 is 15.4 Å². The number of nitrogens with one attached hydrogen (secondary N) is 2. The number of aromatic amines is 1. The predicted octanol–water partition coefficient (Wildman–Crippen LogP) is 2.33. The first kappa shape index (κ1) is 15.1. The van der Waals surface area contributed by atoms with Gasteiger partial charge in [0.05, 0.1) is 6.42 Å². The summed E-state index contributed by atoms with van der Waals surface area (Å²) in [5.74, 6) is -1.07. The lowest BCUT2D eigenvalue weighted by Crippen LogP contribution is -2.42. The first-order chi connectivity index (χ1) is 9.95. The molecule has 1 amide bonds. The van der Waals surface area contributed by atoms with Gasteiger partial charge in [-0.1, -0.05) is 32.0 Å². The molecule has 0 aliphatic heterocycles. The summed E-state index contributed by atoms with van der Waals surface area (Å²) in [7, 11) is 0. The van der Waals surface area contributed by atoms with Crippen molar-refractivity contribution in [1.29, 1.82) is 0 Å². The molecule has 0 bridgehead atoms. The molecule has 1 aromatic carbocycles. The quantitative estimate of drug-likeness (QED) is 0.763. The van der Waals surface area contributed by atoms with Crippen LogP contribution in [0.3, 0.4) is 0 Å². The van der Waals surface area contributed by atoms with Crippen molar-refractivity contribution in [2.45, 2.75) is 32.7 Å². The topological polar surface area (TPSA) is 82.2 Å². The summed E-state index contributed by atoms with van der Waals surface area (Å²) in [4.78, 5) is 26.3. The number of hydrogen-bond donors (Lipinski definition) is 3. The van der Waals surface area contributed by atoms with E-state index in [-0.39, 0.29) is 18.2 Å². The molecule has 0 saturated heterocycles. The summed E-state index contributed by atoms with van der Waals surface area (Å²) >= 11 is 0. The van der Waals surface area contributed by atoms with Crippen LogP contribution in [0, 0.1) is 5.92 Å². The second-order valence-electron chi connectivity index (χ2n) is 5.65. The number of rotatable bonds is 6. The van der Waals surface area contributed by atoms with E-state index in [1.165, 1.54) is 0 Å². The Kier molecular flexibility index (Phi) is 4.62. The van der Waals surface area contributed by atoms with E-state index in [1.807, 2.05) is 44.2 Å². The minimum Gasteiger partial charge on any atom is -0.480 e. The zero-order valence-electron chi connectivity index (χ0n) is 12.2. The first-order valence-electron chi connectivity index (χ1n) is 7.04. The number of fused-ring (bicyclic) bond motifs is 1. The lowest BCUT2D eigenvalue weighted by atomic mass is 10.0. The SMILES string of the molecule is CC(C)C[C@H](NC(=O)Cc1cc2ccccc2[nH]1)C(=O)O. The number of carbonyl (C=O) groups excluding carboxylic acids is 1. The van der Waals surface area contributed by atoms with Crippen LogP contribution < -0.4 is 5.32 Å². The Hall–Kier alpha value is -2.30. The maximum atomic E-state index is 12.0. The first-order valence-corrected chi connectivity index (χ1v) is 7.04. The van der Waals surface area contributed by atoms with E-state index in [0.29, 0.717) is 6.42 Å². The number of para-hydroxylation sites is 1. The molecule has 0 saturated carbocycles. The highest BCUT2D eigenvalue weighted by molar-refractivity contribution is 5.86. The summed E-state index contributed by atoms with van der Waals surface area (Å²) in [6.45, 7) is 3.86. The van der Waals surface area contributed by atoms with E-state index in [1.54, 1.807) is 0 Å². The van der Waals surface area contributed by atoms with Gasteiger partial charge in [-0.15, -0.1) is 0 Å². The van der Waals surface area contributed by atoms with Gasteiger partial charge in [0, 0.05) is 11.2 Å². The predicted molar refractivity (Wildman–Crippen MR) is 81.0 cm³/mol. The fraction of sp³-hybridized carbons (Fsp3) is 0.375. The normalized spacial score (nSPS) is 12.5. The molecule has 0 aliphatic carbocycles. The molecule has 0 radical (unpaired) electrons. The van der Waals surface area contributed by atoms with Gasteiger partial charge in [0.1, 0.15) is 6.04 Å². The Morgan fingerprint density at radius 2 is 2.00 bits per heavy atom. The number of carboxylic acids is 1. The number of carboxylic acid groups (broad SMARTS) is 1. The van der Waals surface area contributed by atoms with Crippen LogP contribution in [0.25, 0.3) is 10.9 Å². The summed E-state index contributed by atoms with van der Waals surface area (Å²) in [6.07, 6.45) is 0.574. The Morgan fingerprint density at radius 3 is 2.62 bits per heavy atom. The number of hydrogen-bond acceptors (Lipinski definition) is 2. The van der Waals surface area contributed by atoms with Crippen molar-refractivity contribution in [2.75, 3.05) is 0 Å². The van der Waals surface area contributed by atoms with Gasteiger partial charge in [-0.25, -0.2) is 4.79 Å². The van der Waals surface area contributed by atoms with Crippen molar-refractivity contribution in [3.05, 3.63) is 36.0 Å². The number of H-pyrrole nitrogens is 1. The summed E-state index contributed by atoms with van der Waals surface area (Å²) in [6, 6.07) is 8.84. The zero-order valence-corrected chi connectivity index (χ0v) is 12.2. The molecular weight excluding hydrogens is 268 g/mol. The lowest BCUT2D eigenvalue weighted by Gasteiger charge is -2.16. The zero-order chi connectivity index (χ0) is 15.4. The van der Waals surface area contributed by atoms with Gasteiger partial charge in [0.2, 0.25) is 5.91 Å². The van der Waals surface area contributed by atoms with E-state index < -0.39 is 12.0 Å². The molecule has 1 aromatic heterocycles. The molecule has 3 N–H and O–H groups in total. The number of amides is 1. The van der Waals surface area contributed by atoms with Gasteiger partial charge in [-0.05, 0) is 29.9 Å². The van der Waals surface area contributed by atoms with Crippen LogP contribution in [0.15, 0.2) is 30.3 Å². The lowest BCUT2D eigenvalue weighted by molar-refractivity contribution is -0.142. The molecule has 0 fully saturated rings. The Labute approximate surface area is 123 Å². The number of carbonyl (C=O) groups is 2. The van der Waals surface area contributed by atoms with E-state index in [4.69, 9.17) is 5.11 Å². The largest absolute Gasteiger partial charge is 0.480 e. The molecule has 0 spiro atoms. The van der Waals surface area contributed by atoms with Gasteiger partial charge in [0.15, 0.2) is 0 Å². The van der Waals surface area contributed by atoms with E-state index in [9.17, 15) is 9.59 Å². The van der Waals surface area contributed by atoms with Crippen molar-refractivity contribution >= 4 is 22.8 Å². The fourth-order valence-corrected chi connectivity index (χ4v) is 2.34. The van der Waals surface area contributed by atoms with Gasteiger partial charge in [-0.2, -0.15) is 0 Å². The molecule has 5 nitrogen and oxygen atoms in total. The monoisotopic (exact) mass is 288 g/mol. The van der Waals surface area contributed by atoms with E-state index >= 15 is 0 Å². The average Bonchev–Trinajstić information content (AvgIpc) is 2.79. The van der Waals surface area contributed by atoms with Crippen LogP contribution >= 0.6 is 0 Å². The van der Waals surface area contributed by atoms with Gasteiger partial charge in [0.25, 0.3) is 0 Å². The third-order valence-corrected chi connectivity index (χ3v) is 3.28. The number of aliphatic carboxylic acids is 1.